The van der Waals surface area contributed by atoms with Gasteiger partial charge >= 0.3 is 20.2 Å². The maximum atomic E-state index is 10.2. The first kappa shape index (κ1) is 11.4. The molecule has 0 unspecified atom stereocenters. The van der Waals surface area contributed by atoms with Gasteiger partial charge in [0.15, 0.2) is 0 Å². The molecule has 0 spiro atoms. The lowest BCUT2D eigenvalue weighted by Gasteiger charge is -1.97. The van der Waals surface area contributed by atoms with Crippen LogP contribution in [0.5, 0.6) is 0 Å². The van der Waals surface area contributed by atoms with E-state index in [1.54, 1.807) is 0 Å². The van der Waals surface area contributed by atoms with Gasteiger partial charge in [-0.1, -0.05) is 0 Å². The fourth-order valence-electron chi connectivity index (χ4n) is 0.351. The van der Waals surface area contributed by atoms with E-state index in [4.69, 9.17) is 9.11 Å². The molecular weight excluding hydrogens is 212 g/mol. The summed E-state index contributed by atoms with van der Waals surface area (Å²) >= 11 is 0. The minimum absolute atomic E-state index is 0.199. The minimum Gasteiger partial charge on any atom is -0.502 e. The second-order valence-electron chi connectivity index (χ2n) is 1.62. The van der Waals surface area contributed by atoms with E-state index < -0.39 is 24.5 Å². The van der Waals surface area contributed by atoms with Gasteiger partial charge in [-0.25, -0.2) is 0 Å². The molecule has 0 aliphatic rings. The Morgan fingerprint density at radius 3 is 1.58 bits per heavy atom. The first-order valence-corrected chi connectivity index (χ1v) is 5.25. The van der Waals surface area contributed by atoms with Gasteiger partial charge < -0.3 is 4.74 Å². The van der Waals surface area contributed by atoms with Crippen LogP contribution in [0.25, 0.3) is 0 Å². The summed E-state index contributed by atoms with van der Waals surface area (Å²) in [6.07, 6.45) is 0.199. The maximum Gasteiger partial charge on any atom is 0.311 e. The molecule has 0 rings (SSSR count). The molecule has 0 amide bonds. The number of ether oxygens (including phenoxy) is 1. The highest BCUT2D eigenvalue weighted by Gasteiger charge is 2.27. The Bertz CT molecular complexity index is 337. The summed E-state index contributed by atoms with van der Waals surface area (Å²) < 4.78 is 59.8. The molecule has 0 aromatic heterocycles. The number of methoxy groups -OCH3 is 1. The summed E-state index contributed by atoms with van der Waals surface area (Å²) in [6.45, 7) is 0. The van der Waals surface area contributed by atoms with Crippen molar-refractivity contribution in [3.05, 3.63) is 10.5 Å². The Morgan fingerprint density at radius 1 is 1.17 bits per heavy atom. The van der Waals surface area contributed by atoms with Crippen LogP contribution < -0.4 is 0 Å². The van der Waals surface area contributed by atoms with Gasteiger partial charge in [-0.2, -0.15) is 16.8 Å². The maximum absolute atomic E-state index is 10.2. The van der Waals surface area contributed by atoms with E-state index in [0.717, 1.165) is 7.11 Å². The van der Waals surface area contributed by atoms with Crippen LogP contribution in [0.15, 0.2) is 10.5 Å². The Morgan fingerprint density at radius 2 is 1.50 bits per heavy atom. The zero-order valence-electron chi connectivity index (χ0n) is 5.83. The molecule has 0 aromatic rings. The quantitative estimate of drug-likeness (QED) is 0.470. The SMILES string of the molecule is COC=C(S(=O)(=O)O)S(=O)(=O)O. The number of rotatable bonds is 3. The molecule has 0 bridgehead atoms. The van der Waals surface area contributed by atoms with Crippen LogP contribution in [0, 0.1) is 0 Å². The van der Waals surface area contributed by atoms with E-state index in [-0.39, 0.29) is 6.26 Å². The van der Waals surface area contributed by atoms with Crippen LogP contribution in [0.4, 0.5) is 0 Å². The van der Waals surface area contributed by atoms with E-state index in [0.29, 0.717) is 0 Å². The van der Waals surface area contributed by atoms with Crippen molar-refractivity contribution in [1.82, 2.24) is 0 Å². The molecule has 0 aliphatic carbocycles. The number of hydrogen-bond donors (Lipinski definition) is 2. The summed E-state index contributed by atoms with van der Waals surface area (Å²) in [5, 5.41) is 0. The van der Waals surface area contributed by atoms with Crippen molar-refractivity contribution < 1.29 is 30.7 Å². The van der Waals surface area contributed by atoms with Crippen molar-refractivity contribution in [2.24, 2.45) is 0 Å². The first-order valence-electron chi connectivity index (χ1n) is 2.37. The monoisotopic (exact) mass is 218 g/mol. The Labute approximate surface area is 69.2 Å². The Kier molecular flexibility index (Phi) is 3.21. The van der Waals surface area contributed by atoms with E-state index in [1.165, 1.54) is 0 Å². The van der Waals surface area contributed by atoms with E-state index in [9.17, 15) is 16.8 Å². The van der Waals surface area contributed by atoms with Gasteiger partial charge in [0, 0.05) is 0 Å². The van der Waals surface area contributed by atoms with Crippen molar-refractivity contribution in [3.8, 4) is 0 Å². The molecule has 0 atom stereocenters. The molecule has 72 valence electrons. The lowest BCUT2D eigenvalue weighted by Crippen LogP contribution is -2.12. The van der Waals surface area contributed by atoms with Crippen molar-refractivity contribution in [2.45, 2.75) is 0 Å². The van der Waals surface area contributed by atoms with Crippen molar-refractivity contribution >= 4 is 20.2 Å². The second-order valence-corrected chi connectivity index (χ2v) is 4.66. The van der Waals surface area contributed by atoms with Crippen LogP contribution >= 0.6 is 0 Å². The van der Waals surface area contributed by atoms with Gasteiger partial charge in [0.05, 0.1) is 7.11 Å². The molecule has 0 fully saturated rings. The summed E-state index contributed by atoms with van der Waals surface area (Å²) in [5.41, 5.74) is 0. The molecule has 0 radical (unpaired) electrons. The molecule has 9 heteroatoms. The average Bonchev–Trinajstić information content (AvgIpc) is 1.77. The highest BCUT2D eigenvalue weighted by Crippen LogP contribution is 2.10. The third kappa shape index (κ3) is 3.17. The van der Waals surface area contributed by atoms with Gasteiger partial charge in [0.1, 0.15) is 6.26 Å². The Balaban J connectivity index is 5.43. The molecular formula is C3H6O7S2. The van der Waals surface area contributed by atoms with Crippen molar-refractivity contribution in [3.63, 3.8) is 0 Å². The first-order chi connectivity index (χ1) is 5.19. The molecule has 0 saturated heterocycles. The lowest BCUT2D eigenvalue weighted by molar-refractivity contribution is 0.336. The third-order valence-electron chi connectivity index (χ3n) is 0.723. The second kappa shape index (κ2) is 3.39. The summed E-state index contributed by atoms with van der Waals surface area (Å²) in [6, 6.07) is 0. The Hall–Kier alpha value is -0.640. The molecule has 2 N–H and O–H groups in total. The molecule has 0 aromatic carbocycles. The van der Waals surface area contributed by atoms with Gasteiger partial charge in [0.2, 0.25) is 4.24 Å². The van der Waals surface area contributed by atoms with Gasteiger partial charge in [-0.15, -0.1) is 0 Å². The van der Waals surface area contributed by atoms with Crippen LogP contribution in [-0.2, 0) is 25.0 Å². The van der Waals surface area contributed by atoms with Crippen molar-refractivity contribution in [1.29, 1.82) is 0 Å². The highest BCUT2D eigenvalue weighted by atomic mass is 32.3. The van der Waals surface area contributed by atoms with Crippen LogP contribution in [0.2, 0.25) is 0 Å². The van der Waals surface area contributed by atoms with E-state index >= 15 is 0 Å². The molecule has 0 aliphatic heterocycles. The number of hydrogen-bond acceptors (Lipinski definition) is 5. The third-order valence-corrected chi connectivity index (χ3v) is 3.20. The zero-order chi connectivity index (χ0) is 9.99. The van der Waals surface area contributed by atoms with Gasteiger partial charge in [-0.3, -0.25) is 9.11 Å². The smallest absolute Gasteiger partial charge is 0.311 e. The molecule has 7 nitrogen and oxygen atoms in total. The van der Waals surface area contributed by atoms with Gasteiger partial charge in [0.25, 0.3) is 0 Å². The van der Waals surface area contributed by atoms with Crippen molar-refractivity contribution in [2.75, 3.05) is 7.11 Å². The zero-order valence-corrected chi connectivity index (χ0v) is 7.46. The normalized spacial score (nSPS) is 12.2. The summed E-state index contributed by atoms with van der Waals surface area (Å²) in [5.74, 6) is 0. The van der Waals surface area contributed by atoms with E-state index in [2.05, 4.69) is 4.74 Å². The standard InChI is InChI=1S/C3H6O7S2/c1-10-2-3(11(4,5)6)12(7,8)9/h2H,1H3,(H,4,5,6)(H,7,8,9). The minimum atomic E-state index is -4.99. The topological polar surface area (TPSA) is 118 Å². The van der Waals surface area contributed by atoms with E-state index in [1.807, 2.05) is 0 Å². The van der Waals surface area contributed by atoms with Crippen LogP contribution in [0.1, 0.15) is 0 Å². The largest absolute Gasteiger partial charge is 0.502 e. The lowest BCUT2D eigenvalue weighted by atomic mass is 11.1. The fourth-order valence-corrected chi connectivity index (χ4v) is 1.85. The van der Waals surface area contributed by atoms with Crippen LogP contribution in [-0.4, -0.2) is 33.1 Å². The van der Waals surface area contributed by atoms with Gasteiger partial charge in [-0.05, 0) is 0 Å². The average molecular weight is 218 g/mol. The molecule has 0 saturated carbocycles. The highest BCUT2D eigenvalue weighted by molar-refractivity contribution is 8.09. The molecule has 12 heavy (non-hydrogen) atoms. The summed E-state index contributed by atoms with van der Waals surface area (Å²) in [4.78, 5) is 0. The van der Waals surface area contributed by atoms with Crippen LogP contribution in [0.3, 0.4) is 0 Å². The molecule has 0 heterocycles. The fraction of sp³-hybridized carbons (Fsp3) is 0.333. The summed E-state index contributed by atoms with van der Waals surface area (Å²) in [7, 11) is -9.02. The predicted molar refractivity (Wildman–Crippen MR) is 38.2 cm³/mol. The predicted octanol–water partition coefficient (Wildman–Crippen LogP) is -0.793.